The molecule has 0 unspecified atom stereocenters. The van der Waals surface area contributed by atoms with Crippen LogP contribution in [0, 0.1) is 6.92 Å². The number of hydrogen-bond donors (Lipinski definition) is 0. The zero-order valence-electron chi connectivity index (χ0n) is 11.2. The van der Waals surface area contributed by atoms with Crippen LogP contribution in [0.4, 0.5) is 0 Å². The molecule has 0 heteroatoms. The van der Waals surface area contributed by atoms with E-state index in [4.69, 9.17) is 0 Å². The number of hydrogen-bond acceptors (Lipinski definition) is 0. The molecule has 92 valence electrons. The van der Waals surface area contributed by atoms with Gasteiger partial charge in [-0.25, -0.2) is 0 Å². The molecule has 0 radical (unpaired) electrons. The highest BCUT2D eigenvalue weighted by molar-refractivity contribution is 5.73. The van der Waals surface area contributed by atoms with Gasteiger partial charge in [0.25, 0.3) is 0 Å². The Hall–Kier alpha value is -1.82. The molecule has 0 spiro atoms. The van der Waals surface area contributed by atoms with Crippen molar-refractivity contribution in [2.75, 3.05) is 0 Å². The average Bonchev–Trinajstić information content (AvgIpc) is 2.40. The zero-order chi connectivity index (χ0) is 13.0. The summed E-state index contributed by atoms with van der Waals surface area (Å²) in [4.78, 5) is 0. The third-order valence-corrected chi connectivity index (χ3v) is 3.28. The Morgan fingerprint density at radius 2 is 1.72 bits per heavy atom. The molecule has 0 N–H and O–H groups in total. The zero-order valence-corrected chi connectivity index (χ0v) is 11.2. The molecular formula is C18H20. The first-order valence-corrected chi connectivity index (χ1v) is 6.56. The van der Waals surface area contributed by atoms with Crippen LogP contribution in [0.25, 0.3) is 16.7 Å². The van der Waals surface area contributed by atoms with Gasteiger partial charge in [-0.05, 0) is 47.2 Å². The summed E-state index contributed by atoms with van der Waals surface area (Å²) in [6, 6.07) is 17.2. The van der Waals surface area contributed by atoms with E-state index in [1.54, 1.807) is 0 Å². The maximum absolute atomic E-state index is 4.21. The van der Waals surface area contributed by atoms with Crippen LogP contribution in [0.5, 0.6) is 0 Å². The smallest absolute Gasteiger partial charge is 0.0178 e. The van der Waals surface area contributed by atoms with E-state index in [2.05, 4.69) is 69.0 Å². The Kier molecular flexibility index (Phi) is 3.99. The SMILES string of the molecule is C=C(CCC)c1cc(-c2ccccc2)ccc1C. The van der Waals surface area contributed by atoms with Crippen LogP contribution < -0.4 is 0 Å². The lowest BCUT2D eigenvalue weighted by atomic mass is 9.94. The maximum Gasteiger partial charge on any atom is -0.0178 e. The van der Waals surface area contributed by atoms with E-state index < -0.39 is 0 Å². The van der Waals surface area contributed by atoms with E-state index in [0.717, 1.165) is 12.8 Å². The van der Waals surface area contributed by atoms with Crippen LogP contribution in [0.15, 0.2) is 55.1 Å². The van der Waals surface area contributed by atoms with Crippen LogP contribution in [-0.4, -0.2) is 0 Å². The van der Waals surface area contributed by atoms with E-state index in [9.17, 15) is 0 Å². The molecule has 0 aromatic heterocycles. The van der Waals surface area contributed by atoms with Crippen LogP contribution in [0.2, 0.25) is 0 Å². The molecule has 0 heterocycles. The Bertz CT molecular complexity index is 535. The largest absolute Gasteiger partial charge is 0.0952 e. The second kappa shape index (κ2) is 5.68. The van der Waals surface area contributed by atoms with E-state index in [0.29, 0.717) is 0 Å². The van der Waals surface area contributed by atoms with Gasteiger partial charge in [-0.15, -0.1) is 0 Å². The van der Waals surface area contributed by atoms with Gasteiger partial charge >= 0.3 is 0 Å². The highest BCUT2D eigenvalue weighted by atomic mass is 14.1. The molecule has 2 aromatic rings. The Morgan fingerprint density at radius 1 is 1.00 bits per heavy atom. The topological polar surface area (TPSA) is 0 Å². The fraction of sp³-hybridized carbons (Fsp3) is 0.222. The standard InChI is InChI=1S/C18H20/c1-4-8-14(2)18-13-17(12-11-15(18)3)16-9-6-5-7-10-16/h5-7,9-13H,2,4,8H2,1,3H3. The van der Waals surface area contributed by atoms with E-state index in [1.165, 1.54) is 27.8 Å². The van der Waals surface area contributed by atoms with E-state index in [1.807, 2.05) is 0 Å². The third-order valence-electron chi connectivity index (χ3n) is 3.28. The summed E-state index contributed by atoms with van der Waals surface area (Å²) in [5, 5.41) is 0. The summed E-state index contributed by atoms with van der Waals surface area (Å²) in [5.41, 5.74) is 6.40. The average molecular weight is 236 g/mol. The van der Waals surface area contributed by atoms with Gasteiger partial charge in [-0.1, -0.05) is 62.4 Å². The van der Waals surface area contributed by atoms with Gasteiger partial charge in [-0.2, -0.15) is 0 Å². The summed E-state index contributed by atoms with van der Waals surface area (Å²) in [6.45, 7) is 8.56. The molecule has 2 rings (SSSR count). The lowest BCUT2D eigenvalue weighted by molar-refractivity contribution is 0.974. The van der Waals surface area contributed by atoms with Crippen molar-refractivity contribution in [1.29, 1.82) is 0 Å². The minimum Gasteiger partial charge on any atom is -0.0952 e. The molecule has 18 heavy (non-hydrogen) atoms. The molecule has 0 atom stereocenters. The summed E-state index contributed by atoms with van der Waals surface area (Å²) < 4.78 is 0. The Balaban J connectivity index is 2.41. The van der Waals surface area contributed by atoms with Crippen molar-refractivity contribution in [3.05, 3.63) is 66.2 Å². The van der Waals surface area contributed by atoms with Crippen molar-refractivity contribution < 1.29 is 0 Å². The van der Waals surface area contributed by atoms with Crippen molar-refractivity contribution in [3.63, 3.8) is 0 Å². The van der Waals surface area contributed by atoms with Crippen LogP contribution in [0.1, 0.15) is 30.9 Å². The van der Waals surface area contributed by atoms with E-state index in [-0.39, 0.29) is 0 Å². The van der Waals surface area contributed by atoms with Crippen LogP contribution in [0.3, 0.4) is 0 Å². The van der Waals surface area contributed by atoms with Gasteiger partial charge in [0.15, 0.2) is 0 Å². The predicted octanol–water partition coefficient (Wildman–Crippen LogP) is 5.48. The summed E-state index contributed by atoms with van der Waals surface area (Å²) in [5.74, 6) is 0. The van der Waals surface area contributed by atoms with Crippen molar-refractivity contribution in [2.24, 2.45) is 0 Å². The predicted molar refractivity (Wildman–Crippen MR) is 80.6 cm³/mol. The van der Waals surface area contributed by atoms with Crippen LogP contribution in [-0.2, 0) is 0 Å². The molecule has 0 nitrogen and oxygen atoms in total. The lowest BCUT2D eigenvalue weighted by Crippen LogP contribution is -1.89. The minimum absolute atomic E-state index is 1.07. The number of aryl methyl sites for hydroxylation is 1. The monoisotopic (exact) mass is 236 g/mol. The van der Waals surface area contributed by atoms with Crippen molar-refractivity contribution in [2.45, 2.75) is 26.7 Å². The fourth-order valence-electron chi connectivity index (χ4n) is 2.25. The summed E-state index contributed by atoms with van der Waals surface area (Å²) in [7, 11) is 0. The van der Waals surface area contributed by atoms with E-state index >= 15 is 0 Å². The molecule has 0 saturated heterocycles. The van der Waals surface area contributed by atoms with Gasteiger partial charge in [-0.3, -0.25) is 0 Å². The highest BCUT2D eigenvalue weighted by Gasteiger charge is 2.05. The normalized spacial score (nSPS) is 10.3. The quantitative estimate of drug-likeness (QED) is 0.659. The fourth-order valence-corrected chi connectivity index (χ4v) is 2.25. The Morgan fingerprint density at radius 3 is 2.39 bits per heavy atom. The molecule has 0 amide bonds. The van der Waals surface area contributed by atoms with Crippen molar-refractivity contribution >= 4 is 5.57 Å². The second-order valence-electron chi connectivity index (χ2n) is 4.75. The molecular weight excluding hydrogens is 216 g/mol. The first kappa shape index (κ1) is 12.6. The molecule has 0 aliphatic rings. The van der Waals surface area contributed by atoms with Gasteiger partial charge in [0, 0.05) is 0 Å². The number of allylic oxidation sites excluding steroid dienone is 1. The minimum atomic E-state index is 1.07. The Labute approximate surface area is 110 Å². The molecule has 2 aromatic carbocycles. The van der Waals surface area contributed by atoms with Crippen molar-refractivity contribution in [1.82, 2.24) is 0 Å². The summed E-state index contributed by atoms with van der Waals surface area (Å²) >= 11 is 0. The first-order chi connectivity index (χ1) is 8.72. The molecule has 0 saturated carbocycles. The van der Waals surface area contributed by atoms with Gasteiger partial charge < -0.3 is 0 Å². The second-order valence-corrected chi connectivity index (χ2v) is 4.75. The van der Waals surface area contributed by atoms with Crippen molar-refractivity contribution in [3.8, 4) is 11.1 Å². The molecule has 0 aliphatic carbocycles. The number of rotatable bonds is 4. The number of benzene rings is 2. The summed E-state index contributed by atoms with van der Waals surface area (Å²) in [6.07, 6.45) is 2.22. The van der Waals surface area contributed by atoms with Gasteiger partial charge in [0.1, 0.15) is 0 Å². The maximum atomic E-state index is 4.21. The lowest BCUT2D eigenvalue weighted by Gasteiger charge is -2.11. The molecule has 0 bridgehead atoms. The highest BCUT2D eigenvalue weighted by Crippen LogP contribution is 2.27. The first-order valence-electron chi connectivity index (χ1n) is 6.56. The molecule has 0 aliphatic heterocycles. The van der Waals surface area contributed by atoms with Gasteiger partial charge in [0.2, 0.25) is 0 Å². The van der Waals surface area contributed by atoms with Gasteiger partial charge in [0.05, 0.1) is 0 Å². The third kappa shape index (κ3) is 2.70. The molecule has 0 fully saturated rings. The van der Waals surface area contributed by atoms with Crippen LogP contribution >= 0.6 is 0 Å².